The van der Waals surface area contributed by atoms with Crippen LogP contribution in [0.5, 0.6) is 0 Å². The Morgan fingerprint density at radius 2 is 1.78 bits per heavy atom. The molecule has 23 heavy (non-hydrogen) atoms. The van der Waals surface area contributed by atoms with E-state index in [1.807, 2.05) is 25.1 Å². The Kier molecular flexibility index (Phi) is 5.45. The largest absolute Gasteiger partial charge is 0.334 e. The molecule has 2 atom stereocenters. The topological polar surface area (TPSA) is 49.4 Å². The van der Waals surface area contributed by atoms with Gasteiger partial charge in [0.1, 0.15) is 0 Å². The van der Waals surface area contributed by atoms with Crippen molar-refractivity contribution in [1.29, 1.82) is 0 Å². The van der Waals surface area contributed by atoms with E-state index in [1.165, 1.54) is 0 Å². The van der Waals surface area contributed by atoms with Gasteiger partial charge in [-0.2, -0.15) is 0 Å². The zero-order chi connectivity index (χ0) is 17.1. The average molecular weight is 316 g/mol. The first-order valence-electron chi connectivity index (χ1n) is 8.49. The predicted molar refractivity (Wildman–Crippen MR) is 93.4 cm³/mol. The first kappa shape index (κ1) is 17.5. The lowest BCUT2D eigenvalue weighted by Gasteiger charge is -2.34. The quantitative estimate of drug-likeness (QED) is 0.848. The van der Waals surface area contributed by atoms with Gasteiger partial charge in [-0.1, -0.05) is 45.9 Å². The normalized spacial score (nSPS) is 21.4. The van der Waals surface area contributed by atoms with Crippen molar-refractivity contribution in [3.05, 3.63) is 29.3 Å². The molecule has 1 aliphatic heterocycles. The van der Waals surface area contributed by atoms with Crippen molar-refractivity contribution in [3.63, 3.8) is 0 Å². The lowest BCUT2D eigenvalue weighted by atomic mass is 9.92. The lowest BCUT2D eigenvalue weighted by molar-refractivity contribution is -0.144. The average Bonchev–Trinajstić information content (AvgIpc) is 2.47. The summed E-state index contributed by atoms with van der Waals surface area (Å²) in [4.78, 5) is 26.6. The van der Waals surface area contributed by atoms with Gasteiger partial charge < -0.3 is 10.2 Å². The van der Waals surface area contributed by atoms with Gasteiger partial charge in [0.15, 0.2) is 0 Å². The number of anilines is 1. The number of hydrogen-bond acceptors (Lipinski definition) is 2. The summed E-state index contributed by atoms with van der Waals surface area (Å²) in [6.07, 6.45) is 1.11. The van der Waals surface area contributed by atoms with Crippen LogP contribution >= 0.6 is 0 Å². The van der Waals surface area contributed by atoms with Crippen LogP contribution in [-0.4, -0.2) is 29.8 Å². The van der Waals surface area contributed by atoms with Gasteiger partial charge in [-0.3, -0.25) is 9.59 Å². The third-order valence-electron chi connectivity index (χ3n) is 4.52. The molecule has 0 bridgehead atoms. The fourth-order valence-electron chi connectivity index (χ4n) is 3.48. The van der Waals surface area contributed by atoms with Crippen LogP contribution in [0.1, 0.15) is 51.2 Å². The molecule has 1 aromatic carbocycles. The molecule has 4 nitrogen and oxygen atoms in total. The minimum atomic E-state index is -0.525. The third kappa shape index (κ3) is 4.12. The molecule has 1 saturated heterocycles. The molecule has 0 radical (unpaired) electrons. The van der Waals surface area contributed by atoms with Gasteiger partial charge in [0.2, 0.25) is 0 Å². The summed E-state index contributed by atoms with van der Waals surface area (Å²) in [6, 6.07) is 5.94. The maximum atomic E-state index is 12.5. The van der Waals surface area contributed by atoms with Crippen molar-refractivity contribution in [2.45, 2.75) is 47.0 Å². The summed E-state index contributed by atoms with van der Waals surface area (Å²) in [5, 5.41) is 2.86. The Bertz CT molecular complexity index is 585. The zero-order valence-corrected chi connectivity index (χ0v) is 14.8. The minimum absolute atomic E-state index is 0.287. The fraction of sp³-hybridized carbons (Fsp3) is 0.579. The number of amides is 2. The molecule has 1 aromatic rings. The van der Waals surface area contributed by atoms with E-state index in [-0.39, 0.29) is 5.92 Å². The Hall–Kier alpha value is -1.84. The highest BCUT2D eigenvalue weighted by Crippen LogP contribution is 2.28. The standard InChI is InChI=1S/C19H28N2O2/c1-12(2)16-8-6-7-15(5)17(16)20-18(22)19(23)21-10-13(3)9-14(4)11-21/h6-8,12-14H,9-11H2,1-5H3,(H,20,22). The van der Waals surface area contributed by atoms with E-state index < -0.39 is 11.8 Å². The molecular formula is C19H28N2O2. The van der Waals surface area contributed by atoms with Gasteiger partial charge >= 0.3 is 11.8 Å². The molecule has 2 rings (SSSR count). The van der Waals surface area contributed by atoms with Gasteiger partial charge in [0.05, 0.1) is 0 Å². The smallest absolute Gasteiger partial charge is 0.313 e. The van der Waals surface area contributed by atoms with E-state index in [1.54, 1.807) is 4.90 Å². The van der Waals surface area contributed by atoms with Crippen LogP contribution in [0.25, 0.3) is 0 Å². The van der Waals surface area contributed by atoms with Crippen LogP contribution in [-0.2, 0) is 9.59 Å². The molecule has 0 saturated carbocycles. The summed E-state index contributed by atoms with van der Waals surface area (Å²) in [7, 11) is 0. The van der Waals surface area contributed by atoms with Gasteiger partial charge in [-0.25, -0.2) is 0 Å². The Morgan fingerprint density at radius 3 is 2.35 bits per heavy atom. The molecule has 2 amide bonds. The summed E-state index contributed by atoms with van der Waals surface area (Å²) in [5.41, 5.74) is 2.82. The molecule has 2 unspecified atom stereocenters. The van der Waals surface area contributed by atoms with E-state index in [0.29, 0.717) is 24.9 Å². The van der Waals surface area contributed by atoms with Crippen molar-refractivity contribution >= 4 is 17.5 Å². The summed E-state index contributed by atoms with van der Waals surface area (Å²) < 4.78 is 0. The number of rotatable bonds is 2. The predicted octanol–water partition coefficient (Wildman–Crippen LogP) is 3.56. The third-order valence-corrected chi connectivity index (χ3v) is 4.52. The summed E-state index contributed by atoms with van der Waals surface area (Å²) in [6.45, 7) is 11.7. The highest BCUT2D eigenvalue weighted by Gasteiger charge is 2.29. The molecule has 0 aromatic heterocycles. The highest BCUT2D eigenvalue weighted by molar-refractivity contribution is 6.39. The van der Waals surface area contributed by atoms with Crippen LogP contribution < -0.4 is 5.32 Å². The fourth-order valence-corrected chi connectivity index (χ4v) is 3.48. The van der Waals surface area contributed by atoms with Crippen molar-refractivity contribution in [1.82, 2.24) is 4.90 Å². The molecule has 0 spiro atoms. The summed E-state index contributed by atoms with van der Waals surface area (Å²) in [5.74, 6) is 0.236. The Balaban J connectivity index is 2.14. The molecule has 4 heteroatoms. The number of carbonyl (C=O) groups is 2. The first-order chi connectivity index (χ1) is 10.8. The van der Waals surface area contributed by atoms with Crippen molar-refractivity contribution < 1.29 is 9.59 Å². The van der Waals surface area contributed by atoms with E-state index in [9.17, 15) is 9.59 Å². The van der Waals surface area contributed by atoms with Crippen LogP contribution in [0.15, 0.2) is 18.2 Å². The number of carbonyl (C=O) groups excluding carboxylic acids is 2. The Labute approximate surface area is 139 Å². The molecule has 1 N–H and O–H groups in total. The van der Waals surface area contributed by atoms with Gasteiger partial charge in [0, 0.05) is 18.8 Å². The number of piperidine rings is 1. The first-order valence-corrected chi connectivity index (χ1v) is 8.49. The van der Waals surface area contributed by atoms with Crippen LogP contribution in [0, 0.1) is 18.8 Å². The molecule has 1 aliphatic rings. The van der Waals surface area contributed by atoms with Crippen molar-refractivity contribution in [3.8, 4) is 0 Å². The number of aryl methyl sites for hydroxylation is 1. The molecule has 1 fully saturated rings. The second-order valence-corrected chi connectivity index (χ2v) is 7.30. The van der Waals surface area contributed by atoms with Crippen molar-refractivity contribution in [2.24, 2.45) is 11.8 Å². The maximum Gasteiger partial charge on any atom is 0.313 e. The molecule has 126 valence electrons. The van der Waals surface area contributed by atoms with Gasteiger partial charge in [-0.05, 0) is 42.2 Å². The number of likely N-dealkylation sites (tertiary alicyclic amines) is 1. The number of nitrogens with one attached hydrogen (secondary N) is 1. The van der Waals surface area contributed by atoms with Gasteiger partial charge in [-0.15, -0.1) is 0 Å². The van der Waals surface area contributed by atoms with E-state index in [0.717, 1.165) is 23.2 Å². The number of para-hydroxylation sites is 1. The molecule has 0 aliphatic carbocycles. The minimum Gasteiger partial charge on any atom is -0.334 e. The number of nitrogens with zero attached hydrogens (tertiary/aromatic N) is 1. The van der Waals surface area contributed by atoms with E-state index in [4.69, 9.17) is 0 Å². The number of hydrogen-bond donors (Lipinski definition) is 1. The van der Waals surface area contributed by atoms with Crippen LogP contribution in [0.4, 0.5) is 5.69 Å². The van der Waals surface area contributed by atoms with Crippen molar-refractivity contribution in [2.75, 3.05) is 18.4 Å². The van der Waals surface area contributed by atoms with E-state index in [2.05, 4.69) is 33.0 Å². The molecule has 1 heterocycles. The lowest BCUT2D eigenvalue weighted by Crippen LogP contribution is -2.47. The zero-order valence-electron chi connectivity index (χ0n) is 14.8. The highest BCUT2D eigenvalue weighted by atomic mass is 16.2. The summed E-state index contributed by atoms with van der Waals surface area (Å²) >= 11 is 0. The Morgan fingerprint density at radius 1 is 1.17 bits per heavy atom. The number of benzene rings is 1. The second-order valence-electron chi connectivity index (χ2n) is 7.30. The second kappa shape index (κ2) is 7.16. The SMILES string of the molecule is Cc1cccc(C(C)C)c1NC(=O)C(=O)N1CC(C)CC(C)C1. The van der Waals surface area contributed by atoms with Crippen LogP contribution in [0.2, 0.25) is 0 Å². The van der Waals surface area contributed by atoms with Gasteiger partial charge in [0.25, 0.3) is 0 Å². The monoisotopic (exact) mass is 316 g/mol. The van der Waals surface area contributed by atoms with E-state index >= 15 is 0 Å². The molecular weight excluding hydrogens is 288 g/mol. The van der Waals surface area contributed by atoms with Crippen LogP contribution in [0.3, 0.4) is 0 Å². The maximum absolute atomic E-state index is 12.5.